The number of hydrogen-bond donors (Lipinski definition) is 1. The van der Waals surface area contributed by atoms with E-state index in [1.165, 1.54) is 16.7 Å². The first-order valence-electron chi connectivity index (χ1n) is 9.51. The summed E-state index contributed by atoms with van der Waals surface area (Å²) in [5.74, 6) is -0.300. The van der Waals surface area contributed by atoms with Crippen LogP contribution in [0.2, 0.25) is 0 Å². The molecule has 0 spiro atoms. The minimum atomic E-state index is -0.725. The van der Waals surface area contributed by atoms with E-state index in [9.17, 15) is 24.4 Å². The first-order valence-corrected chi connectivity index (χ1v) is 9.51. The fraction of sp³-hybridized carbons (Fsp3) is 0.381. The van der Waals surface area contributed by atoms with Gasteiger partial charge in [0.15, 0.2) is 5.78 Å². The summed E-state index contributed by atoms with van der Waals surface area (Å²) >= 11 is 0. The van der Waals surface area contributed by atoms with E-state index in [-0.39, 0.29) is 17.4 Å². The summed E-state index contributed by atoms with van der Waals surface area (Å²) in [6.45, 7) is 3.89. The molecule has 8 nitrogen and oxygen atoms in total. The van der Waals surface area contributed by atoms with Crippen LogP contribution in [0.15, 0.2) is 33.9 Å². The molecular weight excluding hydrogens is 372 g/mol. The minimum absolute atomic E-state index is 0.0712. The molecule has 0 atom stereocenters. The van der Waals surface area contributed by atoms with Gasteiger partial charge in [0.05, 0.1) is 6.54 Å². The van der Waals surface area contributed by atoms with Crippen LogP contribution < -0.4 is 16.6 Å². The van der Waals surface area contributed by atoms with Crippen LogP contribution in [-0.4, -0.2) is 20.8 Å². The maximum Gasteiger partial charge on any atom is 0.331 e. The highest BCUT2D eigenvalue weighted by Crippen LogP contribution is 2.14. The number of Topliss-reactive ketones (excluding diaryl/α,β-unsaturated/α-hetero) is 1. The van der Waals surface area contributed by atoms with Crippen LogP contribution in [0.1, 0.15) is 48.3 Å². The van der Waals surface area contributed by atoms with Crippen LogP contribution in [0, 0.1) is 17.2 Å². The Balaban J connectivity index is 1.81. The van der Waals surface area contributed by atoms with Crippen molar-refractivity contribution in [3.63, 3.8) is 0 Å². The Labute approximate surface area is 167 Å². The molecule has 29 heavy (non-hydrogen) atoms. The first kappa shape index (κ1) is 20.3. The lowest BCUT2D eigenvalue weighted by Gasteiger charge is -2.11. The van der Waals surface area contributed by atoms with E-state index in [4.69, 9.17) is 0 Å². The predicted molar refractivity (Wildman–Crippen MR) is 107 cm³/mol. The molecule has 1 amide bonds. The third-order valence-electron chi connectivity index (χ3n) is 4.83. The number of amides is 1. The van der Waals surface area contributed by atoms with Crippen LogP contribution >= 0.6 is 0 Å². The molecule has 0 radical (unpaired) electrons. The normalized spacial score (nSPS) is 12.5. The molecular formula is C21H22N4O4. The van der Waals surface area contributed by atoms with Crippen molar-refractivity contribution in [2.75, 3.05) is 5.32 Å². The lowest BCUT2D eigenvalue weighted by molar-refractivity contribution is -0.116. The van der Waals surface area contributed by atoms with Crippen molar-refractivity contribution in [1.29, 1.82) is 5.26 Å². The monoisotopic (exact) mass is 394 g/mol. The molecule has 8 heteroatoms. The van der Waals surface area contributed by atoms with Crippen molar-refractivity contribution in [2.45, 2.75) is 46.2 Å². The maximum absolute atomic E-state index is 12.6. The minimum Gasteiger partial charge on any atom is -0.326 e. The Bertz CT molecular complexity index is 1120. The van der Waals surface area contributed by atoms with Gasteiger partial charge in [-0.2, -0.15) is 5.26 Å². The summed E-state index contributed by atoms with van der Waals surface area (Å²) < 4.78 is 2.23. The summed E-state index contributed by atoms with van der Waals surface area (Å²) in [5, 5.41) is 12.1. The van der Waals surface area contributed by atoms with E-state index in [0.29, 0.717) is 42.8 Å². The molecule has 0 aliphatic carbocycles. The highest BCUT2D eigenvalue weighted by molar-refractivity contribution is 5.97. The molecule has 0 saturated heterocycles. The number of ketones is 1. The number of rotatable bonds is 6. The Kier molecular flexibility index (Phi) is 5.78. The molecule has 1 aliphatic rings. The molecule has 2 heterocycles. The van der Waals surface area contributed by atoms with Crippen molar-refractivity contribution in [2.24, 2.45) is 5.92 Å². The van der Waals surface area contributed by atoms with Crippen LogP contribution in [0.5, 0.6) is 0 Å². The van der Waals surface area contributed by atoms with E-state index in [1.807, 2.05) is 19.9 Å². The topological polar surface area (TPSA) is 114 Å². The zero-order valence-electron chi connectivity index (χ0n) is 16.4. The van der Waals surface area contributed by atoms with Crippen molar-refractivity contribution in [1.82, 2.24) is 9.13 Å². The molecule has 1 N–H and O–H groups in total. The van der Waals surface area contributed by atoms with E-state index in [1.54, 1.807) is 12.1 Å². The lowest BCUT2D eigenvalue weighted by Crippen LogP contribution is -2.43. The molecule has 2 aromatic rings. The fourth-order valence-corrected chi connectivity index (χ4v) is 3.45. The van der Waals surface area contributed by atoms with Crippen LogP contribution in [0.3, 0.4) is 0 Å². The third-order valence-corrected chi connectivity index (χ3v) is 4.83. The highest BCUT2D eigenvalue weighted by Gasteiger charge is 2.23. The Morgan fingerprint density at radius 1 is 1.21 bits per heavy atom. The lowest BCUT2D eigenvalue weighted by atomic mass is 10.1. The average Bonchev–Trinajstić information content (AvgIpc) is 3.15. The van der Waals surface area contributed by atoms with Gasteiger partial charge in [-0.3, -0.25) is 23.5 Å². The molecule has 0 bridgehead atoms. The summed E-state index contributed by atoms with van der Waals surface area (Å²) in [6, 6.07) is 8.15. The second kappa shape index (κ2) is 8.27. The number of benzene rings is 1. The molecule has 0 fully saturated rings. The number of anilines is 1. The molecule has 0 unspecified atom stereocenters. The number of carbonyl (C=O) groups excluding carboxylic acids is 2. The molecule has 3 rings (SSSR count). The standard InChI is InChI=1S/C21H22N4O4/c1-13(2)10-19(27)23-15-7-5-14(6-8-15)18(26)12-25-20(28)16(11-22)17-4-3-9-24(17)21(25)29/h5-8,13H,3-4,9-10,12H2,1-2H3,(H,23,27). The van der Waals surface area contributed by atoms with Crippen molar-refractivity contribution >= 4 is 17.4 Å². The van der Waals surface area contributed by atoms with Gasteiger partial charge >= 0.3 is 5.69 Å². The van der Waals surface area contributed by atoms with Gasteiger partial charge in [-0.15, -0.1) is 0 Å². The van der Waals surface area contributed by atoms with Crippen LogP contribution in [0.4, 0.5) is 5.69 Å². The van der Waals surface area contributed by atoms with Gasteiger partial charge in [-0.25, -0.2) is 4.79 Å². The van der Waals surface area contributed by atoms with Crippen molar-refractivity contribution in [3.8, 4) is 6.07 Å². The Hall–Kier alpha value is -3.47. The summed E-state index contributed by atoms with van der Waals surface area (Å²) in [6.07, 6.45) is 1.59. The third kappa shape index (κ3) is 4.19. The van der Waals surface area contributed by atoms with E-state index >= 15 is 0 Å². The number of fused-ring (bicyclic) bond motifs is 1. The van der Waals surface area contributed by atoms with Crippen LogP contribution in [0.25, 0.3) is 0 Å². The summed E-state index contributed by atoms with van der Waals surface area (Å²) in [4.78, 5) is 49.6. The average molecular weight is 394 g/mol. The zero-order valence-corrected chi connectivity index (χ0v) is 16.4. The molecule has 150 valence electrons. The first-order chi connectivity index (χ1) is 13.8. The van der Waals surface area contributed by atoms with Gasteiger partial charge in [0.2, 0.25) is 5.91 Å². The summed E-state index contributed by atoms with van der Waals surface area (Å²) in [5.41, 5.74) is -0.0364. The van der Waals surface area contributed by atoms with Crippen molar-refractivity contribution in [3.05, 3.63) is 61.9 Å². The van der Waals surface area contributed by atoms with Crippen molar-refractivity contribution < 1.29 is 9.59 Å². The summed E-state index contributed by atoms with van der Waals surface area (Å²) in [7, 11) is 0. The Morgan fingerprint density at radius 3 is 2.52 bits per heavy atom. The largest absolute Gasteiger partial charge is 0.331 e. The number of aromatic nitrogens is 2. The van der Waals surface area contributed by atoms with Crippen LogP contribution in [-0.2, 0) is 24.3 Å². The fourth-order valence-electron chi connectivity index (χ4n) is 3.45. The number of carbonyl (C=O) groups is 2. The molecule has 0 saturated carbocycles. The highest BCUT2D eigenvalue weighted by atomic mass is 16.2. The smallest absolute Gasteiger partial charge is 0.326 e. The van der Waals surface area contributed by atoms with E-state index in [0.717, 1.165) is 4.57 Å². The second-order valence-electron chi connectivity index (χ2n) is 7.51. The molecule has 1 aromatic carbocycles. The van der Waals surface area contributed by atoms with Gasteiger partial charge in [0.25, 0.3) is 5.56 Å². The number of nitriles is 1. The van der Waals surface area contributed by atoms with Gasteiger partial charge in [-0.1, -0.05) is 13.8 Å². The predicted octanol–water partition coefficient (Wildman–Crippen LogP) is 1.70. The second-order valence-corrected chi connectivity index (χ2v) is 7.51. The van der Waals surface area contributed by atoms with E-state index < -0.39 is 23.6 Å². The SMILES string of the molecule is CC(C)CC(=O)Nc1ccc(C(=O)Cn2c(=O)c(C#N)c3n(c2=O)CCC3)cc1. The molecule has 1 aliphatic heterocycles. The number of hydrogen-bond acceptors (Lipinski definition) is 5. The van der Waals surface area contributed by atoms with E-state index in [2.05, 4.69) is 5.32 Å². The zero-order chi connectivity index (χ0) is 21.1. The van der Waals surface area contributed by atoms with Gasteiger partial charge in [0.1, 0.15) is 11.6 Å². The van der Waals surface area contributed by atoms with Gasteiger partial charge < -0.3 is 5.32 Å². The number of nitrogens with one attached hydrogen (secondary N) is 1. The number of nitrogens with zero attached hydrogens (tertiary/aromatic N) is 3. The van der Waals surface area contributed by atoms with Gasteiger partial charge in [0, 0.05) is 29.9 Å². The quantitative estimate of drug-likeness (QED) is 0.749. The molecule has 1 aromatic heterocycles. The Morgan fingerprint density at radius 2 is 1.90 bits per heavy atom. The maximum atomic E-state index is 12.6. The van der Waals surface area contributed by atoms with Gasteiger partial charge in [-0.05, 0) is 43.0 Å².